The van der Waals surface area contributed by atoms with Gasteiger partial charge in [0.15, 0.2) is 12.2 Å². The SMILES string of the molecule is CC(CF)NC(=O)Nc1cocn1. The van der Waals surface area contributed by atoms with Crippen molar-refractivity contribution in [3.05, 3.63) is 12.7 Å². The van der Waals surface area contributed by atoms with Gasteiger partial charge in [0.1, 0.15) is 12.9 Å². The minimum absolute atomic E-state index is 0.295. The lowest BCUT2D eigenvalue weighted by atomic mass is 10.4. The highest BCUT2D eigenvalue weighted by atomic mass is 19.1. The zero-order valence-electron chi connectivity index (χ0n) is 7.08. The minimum atomic E-state index is -0.605. The number of nitrogens with one attached hydrogen (secondary N) is 2. The van der Waals surface area contributed by atoms with Crippen molar-refractivity contribution in [3.63, 3.8) is 0 Å². The molecule has 6 heteroatoms. The van der Waals surface area contributed by atoms with Crippen LogP contribution in [0.3, 0.4) is 0 Å². The van der Waals surface area contributed by atoms with Gasteiger partial charge in [-0.05, 0) is 6.92 Å². The summed E-state index contributed by atoms with van der Waals surface area (Å²) in [6, 6.07) is -1.01. The molecule has 72 valence electrons. The molecule has 0 aromatic carbocycles. The molecule has 0 spiro atoms. The number of halogens is 1. The van der Waals surface area contributed by atoms with Crippen molar-refractivity contribution in [3.8, 4) is 0 Å². The molecule has 13 heavy (non-hydrogen) atoms. The summed E-state index contributed by atoms with van der Waals surface area (Å²) in [7, 11) is 0. The Morgan fingerprint density at radius 1 is 1.85 bits per heavy atom. The number of oxazole rings is 1. The topological polar surface area (TPSA) is 67.2 Å². The molecule has 0 aliphatic rings. The minimum Gasteiger partial charge on any atom is -0.449 e. The van der Waals surface area contributed by atoms with Gasteiger partial charge in [0, 0.05) is 0 Å². The Bertz CT molecular complexity index is 263. The second-order valence-electron chi connectivity index (χ2n) is 2.53. The van der Waals surface area contributed by atoms with Crippen LogP contribution in [-0.2, 0) is 0 Å². The van der Waals surface area contributed by atoms with Gasteiger partial charge < -0.3 is 9.73 Å². The normalized spacial score (nSPS) is 12.2. The predicted octanol–water partition coefficient (Wildman–Crippen LogP) is 1.15. The molecule has 0 radical (unpaired) electrons. The molecular weight excluding hydrogens is 177 g/mol. The first-order valence-electron chi connectivity index (χ1n) is 3.74. The summed E-state index contributed by atoms with van der Waals surface area (Å²) < 4.78 is 16.6. The van der Waals surface area contributed by atoms with Crippen molar-refractivity contribution < 1.29 is 13.6 Å². The fraction of sp³-hybridized carbons (Fsp3) is 0.429. The van der Waals surface area contributed by atoms with E-state index in [9.17, 15) is 9.18 Å². The van der Waals surface area contributed by atoms with E-state index in [4.69, 9.17) is 0 Å². The molecule has 2 amide bonds. The molecular formula is C7H10FN3O2. The van der Waals surface area contributed by atoms with Crippen molar-refractivity contribution in [1.82, 2.24) is 10.3 Å². The summed E-state index contributed by atoms with van der Waals surface area (Å²) in [4.78, 5) is 14.7. The molecule has 5 nitrogen and oxygen atoms in total. The van der Waals surface area contributed by atoms with Gasteiger partial charge in [0.2, 0.25) is 0 Å². The second kappa shape index (κ2) is 4.44. The fourth-order valence-electron chi connectivity index (χ4n) is 0.689. The molecule has 0 saturated heterocycles. The Morgan fingerprint density at radius 3 is 3.15 bits per heavy atom. The largest absolute Gasteiger partial charge is 0.449 e. The molecule has 1 atom stereocenters. The van der Waals surface area contributed by atoms with E-state index in [1.165, 1.54) is 12.7 Å². The van der Waals surface area contributed by atoms with E-state index in [-0.39, 0.29) is 0 Å². The van der Waals surface area contributed by atoms with E-state index >= 15 is 0 Å². The number of alkyl halides is 1. The van der Waals surface area contributed by atoms with Crippen LogP contribution in [0.1, 0.15) is 6.92 Å². The number of rotatable bonds is 3. The maximum absolute atomic E-state index is 11.9. The number of nitrogens with zero attached hydrogens (tertiary/aromatic N) is 1. The third-order valence-corrected chi connectivity index (χ3v) is 1.28. The molecule has 1 aromatic heterocycles. The number of amides is 2. The van der Waals surface area contributed by atoms with Crippen LogP contribution >= 0.6 is 0 Å². The molecule has 1 heterocycles. The second-order valence-corrected chi connectivity index (χ2v) is 2.53. The molecule has 0 aliphatic carbocycles. The van der Waals surface area contributed by atoms with Gasteiger partial charge in [-0.15, -0.1) is 0 Å². The van der Waals surface area contributed by atoms with E-state index in [0.29, 0.717) is 5.82 Å². The number of urea groups is 1. The van der Waals surface area contributed by atoms with Crippen molar-refractivity contribution in [2.45, 2.75) is 13.0 Å². The lowest BCUT2D eigenvalue weighted by Gasteiger charge is -2.08. The number of anilines is 1. The monoisotopic (exact) mass is 187 g/mol. The van der Waals surface area contributed by atoms with Crippen LogP contribution in [0.15, 0.2) is 17.1 Å². The van der Waals surface area contributed by atoms with E-state index in [2.05, 4.69) is 20.0 Å². The standard InChI is InChI=1S/C7H10FN3O2/c1-5(2-8)10-7(12)11-6-3-13-4-9-6/h3-5H,2H2,1H3,(H2,10,11,12). The Balaban J connectivity index is 2.34. The lowest BCUT2D eigenvalue weighted by Crippen LogP contribution is -2.37. The molecule has 1 aromatic rings. The number of aromatic nitrogens is 1. The van der Waals surface area contributed by atoms with Gasteiger partial charge >= 0.3 is 6.03 Å². The van der Waals surface area contributed by atoms with Gasteiger partial charge in [-0.3, -0.25) is 5.32 Å². The smallest absolute Gasteiger partial charge is 0.320 e. The quantitative estimate of drug-likeness (QED) is 0.745. The van der Waals surface area contributed by atoms with E-state index in [1.807, 2.05) is 0 Å². The first kappa shape index (κ1) is 9.50. The van der Waals surface area contributed by atoms with Crippen molar-refractivity contribution >= 4 is 11.8 Å². The zero-order chi connectivity index (χ0) is 9.68. The molecule has 0 aliphatic heterocycles. The van der Waals surface area contributed by atoms with Crippen LogP contribution in [0, 0.1) is 0 Å². The van der Waals surface area contributed by atoms with Crippen molar-refractivity contribution in [2.75, 3.05) is 12.0 Å². The fourth-order valence-corrected chi connectivity index (χ4v) is 0.689. The molecule has 0 bridgehead atoms. The van der Waals surface area contributed by atoms with Crippen LogP contribution in [0.5, 0.6) is 0 Å². The highest BCUT2D eigenvalue weighted by Gasteiger charge is 2.07. The summed E-state index contributed by atoms with van der Waals surface area (Å²) in [5, 5.41) is 4.73. The van der Waals surface area contributed by atoms with E-state index < -0.39 is 18.7 Å². The van der Waals surface area contributed by atoms with Gasteiger partial charge in [0.25, 0.3) is 0 Å². The molecule has 0 fully saturated rings. The van der Waals surface area contributed by atoms with Gasteiger partial charge in [-0.25, -0.2) is 9.18 Å². The average Bonchev–Trinajstić information content (AvgIpc) is 2.56. The van der Waals surface area contributed by atoms with Crippen molar-refractivity contribution in [2.24, 2.45) is 0 Å². The highest BCUT2D eigenvalue weighted by molar-refractivity contribution is 5.88. The van der Waals surface area contributed by atoms with Crippen LogP contribution in [0.25, 0.3) is 0 Å². The Kier molecular flexibility index (Phi) is 3.24. The van der Waals surface area contributed by atoms with Crippen molar-refractivity contribution in [1.29, 1.82) is 0 Å². The number of carbonyl (C=O) groups is 1. The maximum atomic E-state index is 11.9. The van der Waals surface area contributed by atoms with E-state index in [0.717, 1.165) is 0 Å². The number of hydrogen-bond donors (Lipinski definition) is 2. The first-order valence-corrected chi connectivity index (χ1v) is 3.74. The zero-order valence-corrected chi connectivity index (χ0v) is 7.08. The Labute approximate surface area is 74.3 Å². The molecule has 2 N–H and O–H groups in total. The first-order chi connectivity index (χ1) is 6.22. The Hall–Kier alpha value is -1.59. The molecule has 1 unspecified atom stereocenters. The number of hydrogen-bond acceptors (Lipinski definition) is 3. The summed E-state index contributed by atoms with van der Waals surface area (Å²) in [5.74, 6) is 0.295. The summed E-state index contributed by atoms with van der Waals surface area (Å²) in [5.41, 5.74) is 0. The third-order valence-electron chi connectivity index (χ3n) is 1.28. The van der Waals surface area contributed by atoms with Gasteiger partial charge in [0.05, 0.1) is 6.04 Å². The number of carbonyl (C=O) groups excluding carboxylic acids is 1. The predicted molar refractivity (Wildman–Crippen MR) is 44.1 cm³/mol. The van der Waals surface area contributed by atoms with Crippen LogP contribution in [-0.4, -0.2) is 23.7 Å². The summed E-state index contributed by atoms with van der Waals surface area (Å²) >= 11 is 0. The lowest BCUT2D eigenvalue weighted by molar-refractivity contribution is 0.246. The van der Waals surface area contributed by atoms with Crippen LogP contribution in [0.2, 0.25) is 0 Å². The average molecular weight is 187 g/mol. The molecule has 1 rings (SSSR count). The third kappa shape index (κ3) is 3.10. The molecule has 0 saturated carbocycles. The summed E-state index contributed by atoms with van der Waals surface area (Å²) in [6.07, 6.45) is 2.47. The van der Waals surface area contributed by atoms with E-state index in [1.54, 1.807) is 6.92 Å². The van der Waals surface area contributed by atoms with Gasteiger partial charge in [-0.2, -0.15) is 4.98 Å². The van der Waals surface area contributed by atoms with Gasteiger partial charge in [-0.1, -0.05) is 0 Å². The maximum Gasteiger partial charge on any atom is 0.320 e. The Morgan fingerprint density at radius 2 is 2.62 bits per heavy atom. The van der Waals surface area contributed by atoms with Crippen LogP contribution in [0.4, 0.5) is 15.0 Å². The highest BCUT2D eigenvalue weighted by Crippen LogP contribution is 2.00. The summed E-state index contributed by atoms with van der Waals surface area (Å²) in [6.45, 7) is 0.953. The van der Waals surface area contributed by atoms with Crippen LogP contribution < -0.4 is 10.6 Å².